The van der Waals surface area contributed by atoms with Gasteiger partial charge in [0.2, 0.25) is 0 Å². The van der Waals surface area contributed by atoms with Gasteiger partial charge in [-0.1, -0.05) is 0 Å². The van der Waals surface area contributed by atoms with Crippen molar-refractivity contribution in [3.05, 3.63) is 0 Å². The molecular formula is C4H8NOSe-. The predicted octanol–water partition coefficient (Wildman–Crippen LogP) is -0.598. The van der Waals surface area contributed by atoms with Crippen molar-refractivity contribution in [2.45, 2.75) is 0 Å². The first-order valence-corrected chi connectivity index (χ1v) is 3.16. The summed E-state index contributed by atoms with van der Waals surface area (Å²) in [6.07, 6.45) is 0. The molecule has 7 heavy (non-hydrogen) atoms. The molecule has 0 amide bonds. The van der Waals surface area contributed by atoms with Crippen LogP contribution >= 0.6 is 0 Å². The molecule has 0 bridgehead atoms. The Morgan fingerprint density at radius 2 is 1.86 bits per heavy atom. The topological polar surface area (TPSA) is 12.5 Å². The molecule has 0 radical (unpaired) electrons. The molecule has 0 aromatic heterocycles. The molecule has 0 N–H and O–H groups in total. The van der Waals surface area contributed by atoms with E-state index in [1.54, 1.807) is 0 Å². The summed E-state index contributed by atoms with van der Waals surface area (Å²) in [4.78, 5) is 0. The minimum atomic E-state index is 0.882. The molecule has 0 aromatic rings. The van der Waals surface area contributed by atoms with Gasteiger partial charge < -0.3 is 0 Å². The van der Waals surface area contributed by atoms with Crippen LogP contribution in [0.4, 0.5) is 0 Å². The van der Waals surface area contributed by atoms with E-state index in [0.29, 0.717) is 0 Å². The zero-order valence-corrected chi connectivity index (χ0v) is 5.81. The fourth-order valence-electron chi connectivity index (χ4n) is 0.547. The Morgan fingerprint density at radius 3 is 2.14 bits per heavy atom. The summed E-state index contributed by atoms with van der Waals surface area (Å²) in [6, 6.07) is 0. The van der Waals surface area contributed by atoms with Gasteiger partial charge in [0, 0.05) is 0 Å². The van der Waals surface area contributed by atoms with Crippen molar-refractivity contribution in [2.75, 3.05) is 26.3 Å². The van der Waals surface area contributed by atoms with E-state index in [9.17, 15) is 0 Å². The van der Waals surface area contributed by atoms with Crippen molar-refractivity contribution in [3.8, 4) is 0 Å². The molecule has 0 saturated carbocycles. The molecule has 1 aliphatic rings. The van der Waals surface area contributed by atoms with Crippen LogP contribution in [0.15, 0.2) is 0 Å². The molecule has 3 heteroatoms. The van der Waals surface area contributed by atoms with E-state index >= 15 is 0 Å². The second kappa shape index (κ2) is 2.68. The summed E-state index contributed by atoms with van der Waals surface area (Å²) >= 11 is 2.93. The van der Waals surface area contributed by atoms with Gasteiger partial charge in [-0.2, -0.15) is 0 Å². The van der Waals surface area contributed by atoms with Gasteiger partial charge in [-0.15, -0.1) is 0 Å². The van der Waals surface area contributed by atoms with Crippen LogP contribution in [0.3, 0.4) is 0 Å². The Hall–Kier alpha value is 0.439. The van der Waals surface area contributed by atoms with Crippen LogP contribution in [0.5, 0.6) is 0 Å². The second-order valence-corrected chi connectivity index (χ2v) is 2.62. The number of morpholine rings is 1. The molecule has 0 aromatic carbocycles. The fraction of sp³-hybridized carbons (Fsp3) is 1.00. The van der Waals surface area contributed by atoms with Crippen LogP contribution in [-0.2, 0) is 4.74 Å². The summed E-state index contributed by atoms with van der Waals surface area (Å²) in [5, 5.41) is 0. The van der Waals surface area contributed by atoms with Gasteiger partial charge in [-0.05, 0) is 0 Å². The predicted molar refractivity (Wildman–Crippen MR) is 28.1 cm³/mol. The molecular weight excluding hydrogens is 157 g/mol. The quantitative estimate of drug-likeness (QED) is 0.444. The summed E-state index contributed by atoms with van der Waals surface area (Å²) < 4.78 is 7.22. The number of nitrogens with zero attached hydrogens (tertiary/aromatic N) is 1. The third kappa shape index (κ3) is 1.78. The van der Waals surface area contributed by atoms with E-state index < -0.39 is 0 Å². The van der Waals surface area contributed by atoms with Gasteiger partial charge in [-0.3, -0.25) is 0 Å². The maximum absolute atomic E-state index is 5.08. The first-order chi connectivity index (χ1) is 3.39. The van der Waals surface area contributed by atoms with Crippen molar-refractivity contribution >= 4 is 16.2 Å². The van der Waals surface area contributed by atoms with E-state index in [-0.39, 0.29) is 0 Å². The van der Waals surface area contributed by atoms with E-state index in [1.807, 2.05) is 0 Å². The summed E-state index contributed by atoms with van der Waals surface area (Å²) in [5.41, 5.74) is 0. The van der Waals surface area contributed by atoms with E-state index in [0.717, 1.165) is 26.3 Å². The zero-order valence-electron chi connectivity index (χ0n) is 4.09. The van der Waals surface area contributed by atoms with Crippen molar-refractivity contribution in [1.82, 2.24) is 3.92 Å². The molecule has 1 rings (SSSR count). The first kappa shape index (κ1) is 5.57. The van der Waals surface area contributed by atoms with Crippen LogP contribution in [0.25, 0.3) is 0 Å². The minimum absolute atomic E-state index is 0.882. The Bertz CT molecular complexity index is 53.7. The molecule has 0 unspecified atom stereocenters. The van der Waals surface area contributed by atoms with Crippen LogP contribution in [-0.4, -0.2) is 46.5 Å². The summed E-state index contributed by atoms with van der Waals surface area (Å²) in [7, 11) is 0. The van der Waals surface area contributed by atoms with E-state index in [2.05, 4.69) is 20.1 Å². The van der Waals surface area contributed by atoms with Crippen LogP contribution in [0.2, 0.25) is 0 Å². The van der Waals surface area contributed by atoms with Crippen molar-refractivity contribution in [2.24, 2.45) is 0 Å². The molecule has 0 atom stereocenters. The van der Waals surface area contributed by atoms with Gasteiger partial charge in [-0.25, -0.2) is 0 Å². The summed E-state index contributed by atoms with van der Waals surface area (Å²) in [5.74, 6) is 0. The van der Waals surface area contributed by atoms with E-state index in [1.165, 1.54) is 0 Å². The Morgan fingerprint density at radius 1 is 1.29 bits per heavy atom. The van der Waals surface area contributed by atoms with Gasteiger partial charge >= 0.3 is 51.2 Å². The van der Waals surface area contributed by atoms with Crippen molar-refractivity contribution in [3.63, 3.8) is 0 Å². The third-order valence-corrected chi connectivity index (χ3v) is 1.74. The van der Waals surface area contributed by atoms with Gasteiger partial charge in [0.25, 0.3) is 0 Å². The van der Waals surface area contributed by atoms with Gasteiger partial charge in [0.1, 0.15) is 0 Å². The normalized spacial score (nSPS) is 25.3. The molecule has 2 nitrogen and oxygen atoms in total. The molecule has 1 saturated heterocycles. The molecule has 0 spiro atoms. The standard InChI is InChI=1S/C4H8NOSe/c7-5-1-3-6-4-2-5/h1-4H2/q-1. The third-order valence-electron chi connectivity index (χ3n) is 0.970. The van der Waals surface area contributed by atoms with Crippen LogP contribution < -0.4 is 0 Å². The molecule has 1 fully saturated rings. The van der Waals surface area contributed by atoms with Gasteiger partial charge in [0.15, 0.2) is 0 Å². The maximum atomic E-state index is 5.08. The Balaban J connectivity index is 2.12. The number of hydrogen-bond acceptors (Lipinski definition) is 2. The number of rotatable bonds is 0. The average molecular weight is 165 g/mol. The Labute approximate surface area is 51.8 Å². The molecule has 1 aliphatic heterocycles. The molecule has 0 aliphatic carbocycles. The van der Waals surface area contributed by atoms with Crippen molar-refractivity contribution < 1.29 is 4.74 Å². The second-order valence-electron chi connectivity index (χ2n) is 1.54. The summed E-state index contributed by atoms with van der Waals surface area (Å²) in [6.45, 7) is 3.85. The van der Waals surface area contributed by atoms with E-state index in [4.69, 9.17) is 4.74 Å². The SMILES string of the molecule is [Se-]N1CCOCC1. The van der Waals surface area contributed by atoms with Gasteiger partial charge in [0.05, 0.1) is 0 Å². The monoisotopic (exact) mass is 166 g/mol. The van der Waals surface area contributed by atoms with Crippen LogP contribution in [0, 0.1) is 0 Å². The first-order valence-electron chi connectivity index (χ1n) is 2.39. The van der Waals surface area contributed by atoms with Crippen molar-refractivity contribution in [1.29, 1.82) is 0 Å². The molecule has 42 valence electrons. The zero-order chi connectivity index (χ0) is 5.11. The number of ether oxygens (including phenoxy) is 1. The fourth-order valence-corrected chi connectivity index (χ4v) is 0.859. The average Bonchev–Trinajstić information content (AvgIpc) is 1.69. The number of hydrogen-bond donors (Lipinski definition) is 0. The molecule has 1 heterocycles. The van der Waals surface area contributed by atoms with Crippen LogP contribution in [0.1, 0.15) is 0 Å². The Kier molecular flexibility index (Phi) is 2.13.